The van der Waals surface area contributed by atoms with Crippen molar-refractivity contribution in [2.45, 2.75) is 32.2 Å². The van der Waals surface area contributed by atoms with Crippen LogP contribution in [0.5, 0.6) is 0 Å². The topological polar surface area (TPSA) is 77.3 Å². The molecular weight excluding hydrogens is 428 g/mol. The molecule has 1 aliphatic rings. The third-order valence-corrected chi connectivity index (χ3v) is 3.00. The Kier molecular flexibility index (Phi) is 6.08. The number of nitrogens with one attached hydrogen (secondary N) is 1. The monoisotopic (exact) mass is 442 g/mol. The van der Waals surface area contributed by atoms with Crippen LogP contribution < -0.4 is 5.32 Å². The van der Waals surface area contributed by atoms with Crippen molar-refractivity contribution in [1.29, 1.82) is 0 Å². The molecule has 1 fully saturated rings. The van der Waals surface area contributed by atoms with Gasteiger partial charge in [-0.3, -0.25) is 14.9 Å². The van der Waals surface area contributed by atoms with E-state index < -0.39 is 17.9 Å². The number of carbonyl (C=O) groups is 3. The number of amides is 3. The van der Waals surface area contributed by atoms with Crippen LogP contribution in [0.15, 0.2) is 18.2 Å². The summed E-state index contributed by atoms with van der Waals surface area (Å²) in [7, 11) is 0. The van der Waals surface area contributed by atoms with E-state index in [1.165, 1.54) is 0 Å². The summed E-state index contributed by atoms with van der Waals surface area (Å²) in [5.41, 5.74) is 1.42. The summed E-state index contributed by atoms with van der Waals surface area (Å²) in [6.07, 6.45) is 1.37. The van der Waals surface area contributed by atoms with Gasteiger partial charge in [0.1, 0.15) is 0 Å². The molecule has 1 unspecified atom stereocenters. The van der Waals surface area contributed by atoms with Gasteiger partial charge in [0, 0.05) is 6.42 Å². The van der Waals surface area contributed by atoms with Crippen LogP contribution >= 0.6 is 0 Å². The van der Waals surface area contributed by atoms with Crippen LogP contribution in [0.2, 0.25) is 0 Å². The first-order valence-electron chi connectivity index (χ1n) is 6.19. The standard InChI is InChI=1S/C14H15N2O3.W/c1-2-9-3-5-10(6-4-9)13(18)15-11-7-8-12(17)16-14(11)19;/h3-5,11H,2,7-8H2,1H3,(H2,15,16,17,18,19);/q-1;+2/p-1. The molecule has 0 radical (unpaired) electrons. The van der Waals surface area contributed by atoms with Gasteiger partial charge < -0.3 is 10.1 Å². The van der Waals surface area contributed by atoms with Crippen LogP contribution in [0.4, 0.5) is 0 Å². The molecule has 3 amide bonds. The Morgan fingerprint density at radius 3 is 2.75 bits per heavy atom. The van der Waals surface area contributed by atoms with Gasteiger partial charge in [0.05, 0.1) is 0 Å². The first-order valence-corrected chi connectivity index (χ1v) is 6.19. The summed E-state index contributed by atoms with van der Waals surface area (Å²) in [4.78, 5) is 34.3. The van der Waals surface area contributed by atoms with Gasteiger partial charge in [-0.05, 0) is 18.4 Å². The fourth-order valence-electron chi connectivity index (χ4n) is 1.83. The van der Waals surface area contributed by atoms with Gasteiger partial charge in [-0.25, -0.2) is 0 Å². The number of aryl methyl sites for hydroxylation is 1. The quantitative estimate of drug-likeness (QED) is 0.568. The predicted molar refractivity (Wildman–Crippen MR) is 68.5 cm³/mol. The number of carbonyl (C=O) groups excluding carboxylic acids is 3. The number of rotatable bonds is 3. The van der Waals surface area contributed by atoms with Crippen molar-refractivity contribution in [2.24, 2.45) is 0 Å². The van der Waals surface area contributed by atoms with Crippen LogP contribution in [0.25, 0.3) is 5.32 Å². The second-order valence-electron chi connectivity index (χ2n) is 4.37. The third kappa shape index (κ3) is 4.00. The fraction of sp³-hybridized carbons (Fsp3) is 0.357. The molecule has 20 heavy (non-hydrogen) atoms. The Bertz CT molecular complexity index is 514. The van der Waals surface area contributed by atoms with Crippen LogP contribution in [-0.4, -0.2) is 23.8 Å². The summed E-state index contributed by atoms with van der Waals surface area (Å²) >= 11 is 0. The second-order valence-corrected chi connectivity index (χ2v) is 4.37. The minimum absolute atomic E-state index is 0. The largest absolute Gasteiger partial charge is 2.00 e. The number of piperidine rings is 1. The molecule has 1 atom stereocenters. The summed E-state index contributed by atoms with van der Waals surface area (Å²) < 4.78 is 0. The first kappa shape index (κ1) is 16.6. The van der Waals surface area contributed by atoms with Gasteiger partial charge >= 0.3 is 21.1 Å². The number of imide groups is 1. The van der Waals surface area contributed by atoms with E-state index >= 15 is 0 Å². The average molecular weight is 442 g/mol. The molecule has 2 rings (SSSR count). The Labute approximate surface area is 131 Å². The minimum atomic E-state index is -0.774. The molecule has 5 nitrogen and oxygen atoms in total. The van der Waals surface area contributed by atoms with Gasteiger partial charge in [-0.15, -0.1) is 35.4 Å². The van der Waals surface area contributed by atoms with Gasteiger partial charge in [-0.1, -0.05) is 13.3 Å². The summed E-state index contributed by atoms with van der Waals surface area (Å²) in [5.74, 6) is -1.30. The molecule has 1 aliphatic heterocycles. The molecule has 1 heterocycles. The van der Waals surface area contributed by atoms with Gasteiger partial charge in [0.15, 0.2) is 0 Å². The number of benzene rings is 1. The smallest absolute Gasteiger partial charge is 0.684 e. The SMILES string of the molecule is CCc1c[c-]c(C(=O)[N-]C2CCC(=O)NC2=O)cc1.[W+2]. The van der Waals surface area contributed by atoms with Crippen LogP contribution in [0.3, 0.4) is 0 Å². The summed E-state index contributed by atoms with van der Waals surface area (Å²) in [5, 5.41) is 6.01. The zero-order chi connectivity index (χ0) is 13.8. The predicted octanol–water partition coefficient (Wildman–Crippen LogP) is 1.37. The molecule has 1 saturated heterocycles. The Hall–Kier alpha value is -1.48. The van der Waals surface area contributed by atoms with Crippen molar-refractivity contribution in [1.82, 2.24) is 5.32 Å². The maximum atomic E-state index is 11.9. The maximum absolute atomic E-state index is 11.9. The van der Waals surface area contributed by atoms with Crippen molar-refractivity contribution in [3.63, 3.8) is 0 Å². The van der Waals surface area contributed by atoms with E-state index in [4.69, 9.17) is 0 Å². The molecular formula is C14H14N2O3W. The van der Waals surface area contributed by atoms with E-state index in [0.29, 0.717) is 5.56 Å². The summed E-state index contributed by atoms with van der Waals surface area (Å²) in [6, 6.07) is 7.31. The van der Waals surface area contributed by atoms with E-state index in [2.05, 4.69) is 16.7 Å². The van der Waals surface area contributed by atoms with Crippen molar-refractivity contribution in [3.8, 4) is 0 Å². The van der Waals surface area contributed by atoms with E-state index in [-0.39, 0.29) is 39.8 Å². The van der Waals surface area contributed by atoms with Crippen LogP contribution in [-0.2, 0) is 37.1 Å². The van der Waals surface area contributed by atoms with Gasteiger partial charge in [0.25, 0.3) is 0 Å². The summed E-state index contributed by atoms with van der Waals surface area (Å²) in [6.45, 7) is 2.01. The van der Waals surface area contributed by atoms with Crippen molar-refractivity contribution < 1.29 is 35.4 Å². The molecule has 104 valence electrons. The average Bonchev–Trinajstić information content (AvgIpc) is 2.42. The Balaban J connectivity index is 0.00000200. The van der Waals surface area contributed by atoms with Gasteiger partial charge in [0.2, 0.25) is 11.8 Å². The van der Waals surface area contributed by atoms with E-state index in [9.17, 15) is 14.4 Å². The molecule has 6 heteroatoms. The third-order valence-electron chi connectivity index (χ3n) is 3.00. The number of nitrogens with zero attached hydrogens (tertiary/aromatic N) is 1. The maximum Gasteiger partial charge on any atom is 2.00 e. The molecule has 0 saturated carbocycles. The van der Waals surface area contributed by atoms with E-state index in [1.54, 1.807) is 12.1 Å². The van der Waals surface area contributed by atoms with Crippen LogP contribution in [0, 0.1) is 6.07 Å². The van der Waals surface area contributed by atoms with Gasteiger partial charge in [-0.2, -0.15) is 0 Å². The van der Waals surface area contributed by atoms with Crippen LogP contribution in [0.1, 0.15) is 35.7 Å². The second kappa shape index (κ2) is 7.34. The molecule has 0 bridgehead atoms. The molecule has 1 aromatic rings. The molecule has 1 aromatic carbocycles. The zero-order valence-electron chi connectivity index (χ0n) is 11.0. The minimum Gasteiger partial charge on any atom is -0.684 e. The first-order chi connectivity index (χ1) is 9.10. The number of hydrogen-bond acceptors (Lipinski definition) is 3. The molecule has 0 aliphatic carbocycles. The van der Waals surface area contributed by atoms with Crippen molar-refractivity contribution >= 4 is 17.7 Å². The molecule has 0 aromatic heterocycles. The normalized spacial score (nSPS) is 17.9. The Morgan fingerprint density at radius 2 is 2.20 bits per heavy atom. The van der Waals surface area contributed by atoms with E-state index in [0.717, 1.165) is 12.0 Å². The Morgan fingerprint density at radius 1 is 1.45 bits per heavy atom. The zero-order valence-corrected chi connectivity index (χ0v) is 13.9. The van der Waals surface area contributed by atoms with Crippen molar-refractivity contribution in [3.05, 3.63) is 40.7 Å². The molecule has 0 spiro atoms. The number of hydrogen-bond donors (Lipinski definition) is 1. The van der Waals surface area contributed by atoms with E-state index in [1.807, 2.05) is 13.0 Å². The fourth-order valence-corrected chi connectivity index (χ4v) is 1.83. The molecule has 1 N–H and O–H groups in total. The van der Waals surface area contributed by atoms with Crippen molar-refractivity contribution in [2.75, 3.05) is 0 Å².